The highest BCUT2D eigenvalue weighted by Gasteiger charge is 2.15. The minimum Gasteiger partial charge on any atom is -0.354 e. The molecule has 2 aromatic carbocycles. The largest absolute Gasteiger partial charge is 0.354 e. The summed E-state index contributed by atoms with van der Waals surface area (Å²) in [4.78, 5) is 19.3. The lowest BCUT2D eigenvalue weighted by atomic mass is 10.0. The molecule has 5 heteroatoms. The molecule has 0 bridgehead atoms. The van der Waals surface area contributed by atoms with Crippen LogP contribution in [0.25, 0.3) is 10.9 Å². The van der Waals surface area contributed by atoms with E-state index in [-0.39, 0.29) is 5.78 Å². The van der Waals surface area contributed by atoms with Gasteiger partial charge in [-0.3, -0.25) is 9.78 Å². The van der Waals surface area contributed by atoms with Crippen LogP contribution in [0.2, 0.25) is 0 Å². The van der Waals surface area contributed by atoms with E-state index >= 15 is 0 Å². The topological polar surface area (TPSA) is 45.2 Å². The van der Waals surface area contributed by atoms with Crippen LogP contribution in [0.1, 0.15) is 35.7 Å². The van der Waals surface area contributed by atoms with Crippen molar-refractivity contribution in [3.8, 4) is 0 Å². The van der Waals surface area contributed by atoms with Crippen LogP contribution >= 0.6 is 15.9 Å². The van der Waals surface area contributed by atoms with Crippen molar-refractivity contribution in [2.24, 2.45) is 0 Å². The summed E-state index contributed by atoms with van der Waals surface area (Å²) in [7, 11) is 4.11. The molecule has 0 atom stereocenters. The van der Waals surface area contributed by atoms with Crippen molar-refractivity contribution in [1.29, 1.82) is 0 Å². The summed E-state index contributed by atoms with van der Waals surface area (Å²) >= 11 is 3.53. The zero-order valence-corrected chi connectivity index (χ0v) is 17.5. The van der Waals surface area contributed by atoms with Crippen LogP contribution in [-0.2, 0) is 6.54 Å². The lowest BCUT2D eigenvalue weighted by molar-refractivity contribution is 0.0982. The number of carbonyl (C=O) groups excluding carboxylic acids is 1. The van der Waals surface area contributed by atoms with Gasteiger partial charge in [-0.2, -0.15) is 0 Å². The van der Waals surface area contributed by atoms with Gasteiger partial charge in [-0.15, -0.1) is 0 Å². The van der Waals surface area contributed by atoms with Gasteiger partial charge in [-0.25, -0.2) is 0 Å². The Balaban J connectivity index is 2.03. The molecule has 3 rings (SSSR count). The third-order valence-corrected chi connectivity index (χ3v) is 4.82. The van der Waals surface area contributed by atoms with Crippen LogP contribution in [0.15, 0.2) is 53.1 Å². The summed E-state index contributed by atoms with van der Waals surface area (Å²) in [6, 6.07) is 14.2. The van der Waals surface area contributed by atoms with Gasteiger partial charge in [-0.1, -0.05) is 35.0 Å². The number of fused-ring (bicyclic) bond motifs is 1. The van der Waals surface area contributed by atoms with E-state index in [1.807, 2.05) is 25.1 Å². The normalized spacial score (nSPS) is 11.1. The van der Waals surface area contributed by atoms with Gasteiger partial charge in [-0.05, 0) is 56.4 Å². The fraction of sp³-hybridized carbons (Fsp3) is 0.273. The Bertz CT molecular complexity index is 952. The maximum absolute atomic E-state index is 12.7. The minimum absolute atomic E-state index is 0.110. The first-order valence-electron chi connectivity index (χ1n) is 9.10. The maximum Gasteiger partial charge on any atom is 0.166 e. The number of hydrogen-bond donors (Lipinski definition) is 1. The number of nitrogens with zero attached hydrogens (tertiary/aromatic N) is 2. The molecule has 0 aliphatic carbocycles. The number of Topliss-reactive ketones (excluding diaryl/α,β-unsaturated/α-hetero) is 1. The highest BCUT2D eigenvalue weighted by atomic mass is 79.9. The summed E-state index contributed by atoms with van der Waals surface area (Å²) in [6.07, 6.45) is 3.02. The number of ketones is 1. The number of halogens is 1. The lowest BCUT2D eigenvalue weighted by Gasteiger charge is -2.15. The molecule has 0 aliphatic rings. The second kappa shape index (κ2) is 8.63. The molecule has 0 radical (unpaired) electrons. The number of hydrogen-bond acceptors (Lipinski definition) is 4. The number of aromatic nitrogens is 1. The Hall–Kier alpha value is -2.24. The van der Waals surface area contributed by atoms with E-state index in [2.05, 4.69) is 69.5 Å². The zero-order valence-electron chi connectivity index (χ0n) is 15.9. The van der Waals surface area contributed by atoms with Crippen molar-refractivity contribution in [3.63, 3.8) is 0 Å². The first-order valence-corrected chi connectivity index (χ1v) is 9.89. The molecule has 1 aromatic heterocycles. The number of anilines is 2. The van der Waals surface area contributed by atoms with E-state index < -0.39 is 0 Å². The SMILES string of the molecule is CCCC(=O)c1cnc2ccc(Br)cc2c1Nc1ccc(CN(C)C)cc1. The maximum atomic E-state index is 12.7. The van der Waals surface area contributed by atoms with Gasteiger partial charge >= 0.3 is 0 Å². The Morgan fingerprint density at radius 1 is 1.15 bits per heavy atom. The van der Waals surface area contributed by atoms with Gasteiger partial charge < -0.3 is 10.2 Å². The van der Waals surface area contributed by atoms with Gasteiger partial charge in [0.15, 0.2) is 5.78 Å². The number of carbonyl (C=O) groups is 1. The van der Waals surface area contributed by atoms with Crippen molar-refractivity contribution < 1.29 is 4.79 Å². The molecule has 1 heterocycles. The van der Waals surface area contributed by atoms with Gasteiger partial charge in [0.25, 0.3) is 0 Å². The van der Waals surface area contributed by atoms with Crippen molar-refractivity contribution in [1.82, 2.24) is 9.88 Å². The second-order valence-corrected chi connectivity index (χ2v) is 7.86. The van der Waals surface area contributed by atoms with Crippen LogP contribution in [-0.4, -0.2) is 29.8 Å². The molecule has 0 saturated heterocycles. The molecule has 0 aliphatic heterocycles. The smallest absolute Gasteiger partial charge is 0.166 e. The van der Waals surface area contributed by atoms with Crippen molar-refractivity contribution >= 4 is 44.0 Å². The molecular weight excluding hydrogens is 402 g/mol. The third-order valence-electron chi connectivity index (χ3n) is 4.33. The predicted molar refractivity (Wildman–Crippen MR) is 116 cm³/mol. The van der Waals surface area contributed by atoms with Gasteiger partial charge in [0.1, 0.15) is 0 Å². The first-order chi connectivity index (χ1) is 13.0. The van der Waals surface area contributed by atoms with Crippen LogP contribution in [0.3, 0.4) is 0 Å². The molecule has 0 fully saturated rings. The monoisotopic (exact) mass is 425 g/mol. The molecular formula is C22H24BrN3O. The third kappa shape index (κ3) is 4.73. The van der Waals surface area contributed by atoms with E-state index in [1.165, 1.54) is 5.56 Å². The summed E-state index contributed by atoms with van der Waals surface area (Å²) in [6.45, 7) is 2.91. The number of benzene rings is 2. The second-order valence-electron chi connectivity index (χ2n) is 6.94. The van der Waals surface area contributed by atoms with Crippen molar-refractivity contribution in [3.05, 3.63) is 64.3 Å². The molecule has 0 unspecified atom stereocenters. The Morgan fingerprint density at radius 2 is 1.89 bits per heavy atom. The molecule has 27 heavy (non-hydrogen) atoms. The Labute approximate surface area is 168 Å². The highest BCUT2D eigenvalue weighted by molar-refractivity contribution is 9.10. The predicted octanol–water partition coefficient (Wildman–Crippen LogP) is 5.79. The Kier molecular flexibility index (Phi) is 6.24. The van der Waals surface area contributed by atoms with E-state index in [1.54, 1.807) is 6.20 Å². The molecule has 3 aromatic rings. The average Bonchev–Trinajstić information content (AvgIpc) is 2.63. The fourth-order valence-electron chi connectivity index (χ4n) is 3.08. The number of nitrogens with one attached hydrogen (secondary N) is 1. The van der Waals surface area contributed by atoms with Gasteiger partial charge in [0.2, 0.25) is 0 Å². The van der Waals surface area contributed by atoms with E-state index in [9.17, 15) is 4.79 Å². The lowest BCUT2D eigenvalue weighted by Crippen LogP contribution is -2.10. The molecule has 0 amide bonds. The molecule has 1 N–H and O–H groups in total. The van der Waals surface area contributed by atoms with E-state index in [0.29, 0.717) is 12.0 Å². The zero-order chi connectivity index (χ0) is 19.4. The standard InChI is InChI=1S/C22H24BrN3O/c1-4-5-21(27)19-13-24-20-11-8-16(23)12-18(20)22(19)25-17-9-6-15(7-10-17)14-26(2)3/h6-13H,4-5,14H2,1-3H3,(H,24,25). The summed E-state index contributed by atoms with van der Waals surface area (Å²) < 4.78 is 0.960. The molecule has 0 spiro atoms. The fourth-order valence-corrected chi connectivity index (χ4v) is 3.44. The average molecular weight is 426 g/mol. The van der Waals surface area contributed by atoms with E-state index in [4.69, 9.17) is 0 Å². The van der Waals surface area contributed by atoms with Crippen LogP contribution in [0.4, 0.5) is 11.4 Å². The molecule has 140 valence electrons. The summed E-state index contributed by atoms with van der Waals surface area (Å²) in [5.41, 5.74) is 4.52. The minimum atomic E-state index is 0.110. The van der Waals surface area contributed by atoms with Gasteiger partial charge in [0.05, 0.1) is 16.8 Å². The number of pyridine rings is 1. The number of rotatable bonds is 7. The molecule has 0 saturated carbocycles. The van der Waals surface area contributed by atoms with E-state index in [0.717, 1.165) is 39.7 Å². The van der Waals surface area contributed by atoms with Crippen LogP contribution < -0.4 is 5.32 Å². The summed E-state index contributed by atoms with van der Waals surface area (Å²) in [5.74, 6) is 0.110. The van der Waals surface area contributed by atoms with Crippen molar-refractivity contribution in [2.75, 3.05) is 19.4 Å². The highest BCUT2D eigenvalue weighted by Crippen LogP contribution is 2.32. The quantitative estimate of drug-likeness (QED) is 0.486. The van der Waals surface area contributed by atoms with Crippen LogP contribution in [0, 0.1) is 0 Å². The Morgan fingerprint density at radius 3 is 2.56 bits per heavy atom. The first kappa shape index (κ1) is 19.5. The van der Waals surface area contributed by atoms with Gasteiger partial charge in [0, 0.05) is 34.7 Å². The molecule has 4 nitrogen and oxygen atoms in total. The van der Waals surface area contributed by atoms with Crippen LogP contribution in [0.5, 0.6) is 0 Å². The van der Waals surface area contributed by atoms with Crippen molar-refractivity contribution in [2.45, 2.75) is 26.3 Å². The summed E-state index contributed by atoms with van der Waals surface area (Å²) in [5, 5.41) is 4.40.